The molecule has 1 saturated heterocycles. The molecule has 0 aliphatic carbocycles. The molecule has 5 nitrogen and oxygen atoms in total. The lowest BCUT2D eigenvalue weighted by Gasteiger charge is -2.31. The first-order valence-corrected chi connectivity index (χ1v) is 7.83. The predicted molar refractivity (Wildman–Crippen MR) is 78.4 cm³/mol. The fraction of sp³-hybridized carbons (Fsp3) is 0.643. The molecule has 1 N–H and O–H groups in total. The van der Waals surface area contributed by atoms with Gasteiger partial charge in [0.25, 0.3) is 0 Å². The van der Waals surface area contributed by atoms with E-state index < -0.39 is 0 Å². The Morgan fingerprint density at radius 3 is 2.60 bits per heavy atom. The Labute approximate surface area is 123 Å². The van der Waals surface area contributed by atoms with Gasteiger partial charge in [-0.1, -0.05) is 0 Å². The minimum absolute atomic E-state index is 0.00721. The predicted octanol–water partition coefficient (Wildman–Crippen LogP) is 1.89. The quantitative estimate of drug-likeness (QED) is 0.926. The molecule has 2 amide bonds. The van der Waals surface area contributed by atoms with E-state index in [1.807, 2.05) is 19.2 Å². The molecule has 0 saturated carbocycles. The van der Waals surface area contributed by atoms with Gasteiger partial charge in [0.05, 0.1) is 16.7 Å². The summed E-state index contributed by atoms with van der Waals surface area (Å²) in [4.78, 5) is 29.7. The Morgan fingerprint density at radius 1 is 1.45 bits per heavy atom. The van der Waals surface area contributed by atoms with Crippen molar-refractivity contribution >= 4 is 23.2 Å². The maximum absolute atomic E-state index is 12.2. The van der Waals surface area contributed by atoms with Gasteiger partial charge in [0, 0.05) is 31.3 Å². The molecule has 2 heterocycles. The molecule has 1 aromatic heterocycles. The molecule has 0 radical (unpaired) electrons. The number of nitrogens with zero attached hydrogens (tertiary/aromatic N) is 2. The molecule has 1 aliphatic heterocycles. The second-order valence-corrected chi connectivity index (χ2v) is 6.36. The van der Waals surface area contributed by atoms with Gasteiger partial charge in [-0.25, -0.2) is 4.98 Å². The van der Waals surface area contributed by atoms with E-state index in [2.05, 4.69) is 10.3 Å². The Bertz CT molecular complexity index is 492. The molecule has 0 bridgehead atoms. The largest absolute Gasteiger partial charge is 0.348 e. The lowest BCUT2D eigenvalue weighted by Crippen LogP contribution is -2.42. The normalized spacial score (nSPS) is 17.9. The minimum atomic E-state index is -0.0571. The first-order chi connectivity index (χ1) is 9.47. The van der Waals surface area contributed by atoms with Crippen LogP contribution < -0.4 is 5.32 Å². The Hall–Kier alpha value is -1.43. The number of carbonyl (C=O) groups is 2. The first kappa shape index (κ1) is 15.0. The number of aryl methyl sites for hydroxylation is 1. The van der Waals surface area contributed by atoms with E-state index in [9.17, 15) is 9.59 Å². The number of hydrogen-bond donors (Lipinski definition) is 1. The summed E-state index contributed by atoms with van der Waals surface area (Å²) < 4.78 is 0. The third-order valence-electron chi connectivity index (χ3n) is 3.75. The molecule has 1 fully saturated rings. The van der Waals surface area contributed by atoms with Gasteiger partial charge in [-0.3, -0.25) is 9.59 Å². The maximum Gasteiger partial charge on any atom is 0.223 e. The highest BCUT2D eigenvalue weighted by molar-refractivity contribution is 7.09. The molecule has 1 aliphatic rings. The standard InChI is InChI=1S/C14H21N3O2S/c1-9(13-8-20-10(2)16-13)15-14(19)12-4-6-17(7-5-12)11(3)18/h8-9,12H,4-7H2,1-3H3,(H,15,19). The smallest absolute Gasteiger partial charge is 0.223 e. The van der Waals surface area contributed by atoms with E-state index >= 15 is 0 Å². The number of likely N-dealkylation sites (tertiary alicyclic amines) is 1. The van der Waals surface area contributed by atoms with Crippen LogP contribution in [0, 0.1) is 12.8 Å². The van der Waals surface area contributed by atoms with E-state index in [-0.39, 0.29) is 23.8 Å². The van der Waals surface area contributed by atoms with Gasteiger partial charge in [-0.2, -0.15) is 0 Å². The van der Waals surface area contributed by atoms with Gasteiger partial charge in [0.2, 0.25) is 11.8 Å². The highest BCUT2D eigenvalue weighted by atomic mass is 32.1. The lowest BCUT2D eigenvalue weighted by atomic mass is 9.95. The number of thiazole rings is 1. The molecule has 6 heteroatoms. The third-order valence-corrected chi connectivity index (χ3v) is 4.54. The molecule has 20 heavy (non-hydrogen) atoms. The molecular weight excluding hydrogens is 274 g/mol. The van der Waals surface area contributed by atoms with Gasteiger partial charge >= 0.3 is 0 Å². The summed E-state index contributed by atoms with van der Waals surface area (Å²) in [5, 5.41) is 6.02. The van der Waals surface area contributed by atoms with Crippen LogP contribution in [0.4, 0.5) is 0 Å². The molecule has 2 rings (SSSR count). The SMILES string of the molecule is CC(=O)N1CCC(C(=O)NC(C)c2csc(C)n2)CC1. The number of carbonyl (C=O) groups excluding carboxylic acids is 2. The molecule has 0 spiro atoms. The zero-order chi connectivity index (χ0) is 14.7. The Morgan fingerprint density at radius 2 is 2.10 bits per heavy atom. The average molecular weight is 295 g/mol. The summed E-state index contributed by atoms with van der Waals surface area (Å²) in [5.74, 6) is 0.175. The Balaban J connectivity index is 1.85. The minimum Gasteiger partial charge on any atom is -0.348 e. The van der Waals surface area contributed by atoms with Crippen molar-refractivity contribution in [1.29, 1.82) is 0 Å². The highest BCUT2D eigenvalue weighted by Crippen LogP contribution is 2.20. The van der Waals surface area contributed by atoms with Crippen LogP contribution in [-0.4, -0.2) is 34.8 Å². The van der Waals surface area contributed by atoms with Crippen molar-refractivity contribution in [2.75, 3.05) is 13.1 Å². The van der Waals surface area contributed by atoms with Crippen LogP contribution in [0.2, 0.25) is 0 Å². The van der Waals surface area contributed by atoms with Crippen molar-refractivity contribution in [2.45, 2.75) is 39.7 Å². The number of nitrogens with one attached hydrogen (secondary N) is 1. The van der Waals surface area contributed by atoms with Gasteiger partial charge in [0.1, 0.15) is 0 Å². The molecule has 1 unspecified atom stereocenters. The van der Waals surface area contributed by atoms with Crippen LogP contribution in [0.15, 0.2) is 5.38 Å². The zero-order valence-electron chi connectivity index (χ0n) is 12.2. The number of amides is 2. The van der Waals surface area contributed by atoms with Crippen molar-refractivity contribution in [1.82, 2.24) is 15.2 Å². The molecule has 1 atom stereocenters. The second-order valence-electron chi connectivity index (χ2n) is 5.30. The van der Waals surface area contributed by atoms with Gasteiger partial charge < -0.3 is 10.2 Å². The van der Waals surface area contributed by atoms with Crippen LogP contribution in [0.25, 0.3) is 0 Å². The van der Waals surface area contributed by atoms with Gasteiger partial charge in [0.15, 0.2) is 0 Å². The van der Waals surface area contributed by atoms with E-state index in [1.165, 1.54) is 0 Å². The average Bonchev–Trinajstić information content (AvgIpc) is 2.85. The topological polar surface area (TPSA) is 62.3 Å². The number of hydrogen-bond acceptors (Lipinski definition) is 4. The monoisotopic (exact) mass is 295 g/mol. The lowest BCUT2D eigenvalue weighted by molar-refractivity contribution is -0.134. The second kappa shape index (κ2) is 6.35. The first-order valence-electron chi connectivity index (χ1n) is 6.95. The number of aromatic nitrogens is 1. The fourth-order valence-electron chi connectivity index (χ4n) is 2.44. The van der Waals surface area contributed by atoms with Crippen LogP contribution in [0.1, 0.15) is 43.4 Å². The third kappa shape index (κ3) is 3.56. The van der Waals surface area contributed by atoms with Crippen LogP contribution in [-0.2, 0) is 9.59 Å². The summed E-state index contributed by atoms with van der Waals surface area (Å²) >= 11 is 1.59. The Kier molecular flexibility index (Phi) is 4.75. The number of piperidine rings is 1. The zero-order valence-corrected chi connectivity index (χ0v) is 13.0. The number of rotatable bonds is 3. The van der Waals surface area contributed by atoms with Crippen LogP contribution in [0.3, 0.4) is 0 Å². The molecule has 0 aromatic carbocycles. The van der Waals surface area contributed by atoms with E-state index in [1.54, 1.807) is 23.2 Å². The van der Waals surface area contributed by atoms with E-state index in [4.69, 9.17) is 0 Å². The van der Waals surface area contributed by atoms with Gasteiger partial charge in [-0.15, -0.1) is 11.3 Å². The summed E-state index contributed by atoms with van der Waals surface area (Å²) in [7, 11) is 0. The van der Waals surface area contributed by atoms with E-state index in [0.717, 1.165) is 23.5 Å². The fourth-order valence-corrected chi connectivity index (χ4v) is 3.15. The summed E-state index contributed by atoms with van der Waals surface area (Å²) in [6.07, 6.45) is 1.49. The van der Waals surface area contributed by atoms with Crippen molar-refractivity contribution < 1.29 is 9.59 Å². The van der Waals surface area contributed by atoms with Crippen LogP contribution >= 0.6 is 11.3 Å². The van der Waals surface area contributed by atoms with Crippen molar-refractivity contribution in [2.24, 2.45) is 5.92 Å². The summed E-state index contributed by atoms with van der Waals surface area (Å²) in [6.45, 7) is 6.85. The van der Waals surface area contributed by atoms with Crippen molar-refractivity contribution in [3.05, 3.63) is 16.1 Å². The summed E-state index contributed by atoms with van der Waals surface area (Å²) in [5.41, 5.74) is 0.919. The molecule has 110 valence electrons. The van der Waals surface area contributed by atoms with E-state index in [0.29, 0.717) is 13.1 Å². The highest BCUT2D eigenvalue weighted by Gasteiger charge is 2.27. The van der Waals surface area contributed by atoms with Crippen LogP contribution in [0.5, 0.6) is 0 Å². The maximum atomic E-state index is 12.2. The summed E-state index contributed by atoms with van der Waals surface area (Å²) in [6, 6.07) is -0.0571. The van der Waals surface area contributed by atoms with Gasteiger partial charge in [-0.05, 0) is 26.7 Å². The van der Waals surface area contributed by atoms with Crippen molar-refractivity contribution in [3.8, 4) is 0 Å². The molecular formula is C14H21N3O2S. The molecule has 1 aromatic rings. The van der Waals surface area contributed by atoms with Crippen molar-refractivity contribution in [3.63, 3.8) is 0 Å².